The Hall–Kier alpha value is -3.42. The van der Waals surface area contributed by atoms with Crippen LogP contribution in [0.2, 0.25) is 5.02 Å². The number of aromatic nitrogens is 1. The lowest BCUT2D eigenvalue weighted by Crippen LogP contribution is -2.30. The Bertz CT molecular complexity index is 1480. The molecular weight excluding hydrogens is 434 g/mol. The third-order valence-electron chi connectivity index (χ3n) is 4.31. The second kappa shape index (κ2) is 8.52. The molecule has 0 saturated heterocycles. The van der Waals surface area contributed by atoms with E-state index in [1.165, 1.54) is 15.9 Å². The average molecular weight is 446 g/mol. The molecule has 2 aromatic carbocycles. The van der Waals surface area contributed by atoms with E-state index in [1.807, 2.05) is 54.6 Å². The molecule has 0 aliphatic carbocycles. The number of hydrogen-bond donors (Lipinski definition) is 0. The first-order chi connectivity index (χ1) is 14.6. The minimum absolute atomic E-state index is 0.0939. The fourth-order valence-electron chi connectivity index (χ4n) is 2.95. The van der Waals surface area contributed by atoms with E-state index in [1.54, 1.807) is 30.3 Å². The first-order valence-corrected chi connectivity index (χ1v) is 10.8. The van der Waals surface area contributed by atoms with Crippen LogP contribution in [0.3, 0.4) is 0 Å². The van der Waals surface area contributed by atoms with Crippen molar-refractivity contribution in [2.75, 3.05) is 0 Å². The molecule has 0 N–H and O–H groups in total. The number of halogens is 1. The van der Waals surface area contributed by atoms with Gasteiger partial charge in [-0.2, -0.15) is 10.5 Å². The number of nitriles is 2. The van der Waals surface area contributed by atoms with Crippen LogP contribution in [0.5, 0.6) is 0 Å². The van der Waals surface area contributed by atoms with E-state index in [2.05, 4.69) is 0 Å². The van der Waals surface area contributed by atoms with Crippen molar-refractivity contribution < 1.29 is 0 Å². The normalized spacial score (nSPS) is 11.1. The molecule has 4 rings (SSSR count). The van der Waals surface area contributed by atoms with Crippen molar-refractivity contribution in [1.29, 1.82) is 10.5 Å². The lowest BCUT2D eigenvalue weighted by atomic mass is 10.2. The monoisotopic (exact) mass is 445 g/mol. The van der Waals surface area contributed by atoms with Gasteiger partial charge in [0.05, 0.1) is 10.2 Å². The van der Waals surface area contributed by atoms with Gasteiger partial charge in [0.25, 0.3) is 5.56 Å². The van der Waals surface area contributed by atoms with Gasteiger partial charge in [-0.1, -0.05) is 48.0 Å². The van der Waals surface area contributed by atoms with E-state index in [4.69, 9.17) is 11.6 Å². The minimum atomic E-state index is -0.267. The number of nitrogens with zero attached hydrogens (tertiary/aromatic N) is 3. The zero-order chi connectivity index (χ0) is 21.1. The summed E-state index contributed by atoms with van der Waals surface area (Å²) in [6.07, 6.45) is 1.79. The fraction of sp³-hybridized carbons (Fsp3) is 0. The van der Waals surface area contributed by atoms with Crippen molar-refractivity contribution in [1.82, 2.24) is 4.57 Å². The van der Waals surface area contributed by atoms with Crippen LogP contribution in [0, 0.1) is 22.7 Å². The van der Waals surface area contributed by atoms with Gasteiger partial charge in [0, 0.05) is 20.3 Å². The zero-order valence-corrected chi connectivity index (χ0v) is 17.8. The van der Waals surface area contributed by atoms with Gasteiger partial charge in [-0.25, -0.2) is 0 Å². The van der Waals surface area contributed by atoms with E-state index >= 15 is 0 Å². The maximum absolute atomic E-state index is 13.2. The molecule has 30 heavy (non-hydrogen) atoms. The van der Waals surface area contributed by atoms with Crippen LogP contribution in [-0.2, 0) is 0 Å². The molecule has 0 fully saturated rings. The highest BCUT2D eigenvalue weighted by molar-refractivity contribution is 7.16. The van der Waals surface area contributed by atoms with Crippen molar-refractivity contribution in [3.8, 4) is 28.3 Å². The molecular formula is C23H12ClN3OS2. The maximum Gasteiger partial charge on any atom is 0.273 e. The van der Waals surface area contributed by atoms with E-state index in [-0.39, 0.29) is 11.1 Å². The molecule has 2 aromatic heterocycles. The second-order valence-electron chi connectivity index (χ2n) is 6.17. The predicted octanol–water partition coefficient (Wildman–Crippen LogP) is 4.31. The zero-order valence-electron chi connectivity index (χ0n) is 15.4. The van der Waals surface area contributed by atoms with Crippen LogP contribution in [0.15, 0.2) is 71.5 Å². The number of hydrogen-bond acceptors (Lipinski definition) is 5. The molecule has 0 radical (unpaired) electrons. The van der Waals surface area contributed by atoms with Crippen molar-refractivity contribution in [2.45, 2.75) is 0 Å². The summed E-state index contributed by atoms with van der Waals surface area (Å²) >= 11 is 8.94. The molecule has 4 nitrogen and oxygen atoms in total. The minimum Gasteiger partial charge on any atom is -0.267 e. The van der Waals surface area contributed by atoms with Crippen molar-refractivity contribution in [3.63, 3.8) is 0 Å². The maximum atomic E-state index is 13.2. The highest BCUT2D eigenvalue weighted by Gasteiger charge is 2.12. The molecule has 0 atom stereocenters. The van der Waals surface area contributed by atoms with Crippen molar-refractivity contribution in [2.24, 2.45) is 0 Å². The highest BCUT2D eigenvalue weighted by atomic mass is 35.5. The Morgan fingerprint density at radius 3 is 2.33 bits per heavy atom. The summed E-state index contributed by atoms with van der Waals surface area (Å²) in [5.74, 6) is 0. The Morgan fingerprint density at radius 1 is 0.933 bits per heavy atom. The first kappa shape index (κ1) is 19.9. The quantitative estimate of drug-likeness (QED) is 0.472. The number of rotatable bonds is 3. The number of thiophene rings is 1. The molecule has 0 unspecified atom stereocenters. The largest absolute Gasteiger partial charge is 0.273 e. The predicted molar refractivity (Wildman–Crippen MR) is 122 cm³/mol. The highest BCUT2D eigenvalue weighted by Crippen LogP contribution is 2.33. The summed E-state index contributed by atoms with van der Waals surface area (Å²) in [6, 6.07) is 24.3. The molecule has 0 bridgehead atoms. The summed E-state index contributed by atoms with van der Waals surface area (Å²) < 4.78 is 2.19. The number of para-hydroxylation sites is 1. The lowest BCUT2D eigenvalue weighted by molar-refractivity contribution is 0.988. The summed E-state index contributed by atoms with van der Waals surface area (Å²) in [5, 5.41) is 19.4. The van der Waals surface area contributed by atoms with E-state index in [9.17, 15) is 15.3 Å². The molecule has 7 heteroatoms. The molecule has 0 amide bonds. The van der Waals surface area contributed by atoms with Crippen molar-refractivity contribution in [3.05, 3.63) is 96.2 Å². The van der Waals surface area contributed by atoms with E-state index in [0.29, 0.717) is 19.9 Å². The number of benzene rings is 2. The van der Waals surface area contributed by atoms with E-state index in [0.717, 1.165) is 26.7 Å². The summed E-state index contributed by atoms with van der Waals surface area (Å²) in [7, 11) is 0. The van der Waals surface area contributed by atoms with Crippen LogP contribution in [0.4, 0.5) is 0 Å². The smallest absolute Gasteiger partial charge is 0.267 e. The molecule has 144 valence electrons. The van der Waals surface area contributed by atoms with Crippen LogP contribution in [0.1, 0.15) is 4.88 Å². The third kappa shape index (κ3) is 3.72. The SMILES string of the molecule is N#CC(C#N)=c1s/c(=C\c2ccc(-c3ccccc3Cl)s2)c(=O)n1-c1ccccc1. The van der Waals surface area contributed by atoms with Gasteiger partial charge in [0.1, 0.15) is 16.8 Å². The molecule has 0 aliphatic heterocycles. The Balaban J connectivity index is 1.92. The van der Waals surface area contributed by atoms with Crippen LogP contribution < -0.4 is 14.8 Å². The van der Waals surface area contributed by atoms with Gasteiger partial charge in [0.15, 0.2) is 5.57 Å². The van der Waals surface area contributed by atoms with Gasteiger partial charge < -0.3 is 0 Å². The first-order valence-electron chi connectivity index (χ1n) is 8.80. The Labute approximate surface area is 185 Å². The van der Waals surface area contributed by atoms with E-state index < -0.39 is 0 Å². The van der Waals surface area contributed by atoms with Crippen LogP contribution >= 0.6 is 34.3 Å². The number of thiazole rings is 1. The van der Waals surface area contributed by atoms with Gasteiger partial charge in [-0.3, -0.25) is 9.36 Å². The van der Waals surface area contributed by atoms with Crippen LogP contribution in [0.25, 0.3) is 27.8 Å². The average Bonchev–Trinajstić information content (AvgIpc) is 3.35. The second-order valence-corrected chi connectivity index (χ2v) is 8.73. The summed E-state index contributed by atoms with van der Waals surface area (Å²) in [6.45, 7) is 0. The molecule has 2 heterocycles. The fourth-order valence-corrected chi connectivity index (χ4v) is 5.35. The summed E-state index contributed by atoms with van der Waals surface area (Å²) in [4.78, 5) is 15.0. The van der Waals surface area contributed by atoms with Gasteiger partial charge in [-0.05, 0) is 36.4 Å². The van der Waals surface area contributed by atoms with Crippen LogP contribution in [-0.4, -0.2) is 4.57 Å². The molecule has 0 spiro atoms. The third-order valence-corrected chi connectivity index (χ3v) is 6.80. The summed E-state index contributed by atoms with van der Waals surface area (Å²) in [5.41, 5.74) is 1.18. The lowest BCUT2D eigenvalue weighted by Gasteiger charge is -2.00. The standard InChI is InChI=1S/C23H12ClN3OS2/c24-19-9-5-4-8-18(19)20-11-10-17(29-20)12-21-22(28)27(16-6-2-1-3-7-16)23(30-21)15(13-25)14-26/h1-12H/b21-12-. The van der Waals surface area contributed by atoms with Crippen molar-refractivity contribution >= 4 is 45.9 Å². The Kier molecular flexibility index (Phi) is 5.65. The molecule has 0 aliphatic rings. The Morgan fingerprint density at radius 2 is 1.63 bits per heavy atom. The topological polar surface area (TPSA) is 69.6 Å². The van der Waals surface area contributed by atoms with Gasteiger partial charge in [-0.15, -0.1) is 22.7 Å². The van der Waals surface area contributed by atoms with Gasteiger partial charge in [0.2, 0.25) is 0 Å². The van der Waals surface area contributed by atoms with Gasteiger partial charge >= 0.3 is 0 Å². The molecule has 4 aromatic rings. The molecule has 0 saturated carbocycles.